The average Bonchev–Trinajstić information content (AvgIpc) is 2.54. The molecule has 2 aliphatic heterocycles. The standard InChI is InChI=1S/C16H23N3O/c1-2-17-10-12-18(13-11-17)16(20)19-9-5-7-14-6-3-4-8-15(14)19/h3-4,6,8H,2,5,7,9-13H2,1H3. The molecule has 3 rings (SSSR count). The number of hydrogen-bond donors (Lipinski definition) is 0. The fraction of sp³-hybridized carbons (Fsp3) is 0.562. The van der Waals surface area contributed by atoms with E-state index in [1.807, 2.05) is 15.9 Å². The van der Waals surface area contributed by atoms with Crippen LogP contribution in [0.2, 0.25) is 0 Å². The van der Waals surface area contributed by atoms with Gasteiger partial charge < -0.3 is 9.80 Å². The predicted molar refractivity (Wildman–Crippen MR) is 81.2 cm³/mol. The number of likely N-dealkylation sites (N-methyl/N-ethyl adjacent to an activating group) is 1. The van der Waals surface area contributed by atoms with Crippen molar-refractivity contribution in [3.05, 3.63) is 29.8 Å². The number of benzene rings is 1. The SMILES string of the molecule is CCN1CCN(C(=O)N2CCCc3ccccc32)CC1. The van der Waals surface area contributed by atoms with E-state index in [2.05, 4.69) is 30.0 Å². The van der Waals surface area contributed by atoms with E-state index in [0.29, 0.717) is 0 Å². The Morgan fingerprint density at radius 2 is 1.85 bits per heavy atom. The topological polar surface area (TPSA) is 26.8 Å². The van der Waals surface area contributed by atoms with Crippen molar-refractivity contribution >= 4 is 11.7 Å². The highest BCUT2D eigenvalue weighted by Crippen LogP contribution is 2.27. The number of para-hydroxylation sites is 1. The summed E-state index contributed by atoms with van der Waals surface area (Å²) in [4.78, 5) is 19.1. The number of amides is 2. The second kappa shape index (κ2) is 5.83. The van der Waals surface area contributed by atoms with Gasteiger partial charge in [0.1, 0.15) is 0 Å². The zero-order valence-electron chi connectivity index (χ0n) is 12.2. The Morgan fingerprint density at radius 1 is 1.10 bits per heavy atom. The van der Waals surface area contributed by atoms with E-state index in [0.717, 1.165) is 57.8 Å². The van der Waals surface area contributed by atoms with E-state index >= 15 is 0 Å². The Kier molecular flexibility index (Phi) is 3.92. The summed E-state index contributed by atoms with van der Waals surface area (Å²) in [5.74, 6) is 0. The maximum absolute atomic E-state index is 12.7. The van der Waals surface area contributed by atoms with Crippen LogP contribution in [-0.2, 0) is 6.42 Å². The van der Waals surface area contributed by atoms with Crippen LogP contribution in [0.25, 0.3) is 0 Å². The van der Waals surface area contributed by atoms with Crippen LogP contribution in [0.4, 0.5) is 10.5 Å². The summed E-state index contributed by atoms with van der Waals surface area (Å²) < 4.78 is 0. The number of fused-ring (bicyclic) bond motifs is 1. The van der Waals surface area contributed by atoms with Gasteiger partial charge in [-0.15, -0.1) is 0 Å². The summed E-state index contributed by atoms with van der Waals surface area (Å²) in [5, 5.41) is 0. The zero-order valence-corrected chi connectivity index (χ0v) is 12.2. The number of urea groups is 1. The van der Waals surface area contributed by atoms with Gasteiger partial charge in [-0.2, -0.15) is 0 Å². The van der Waals surface area contributed by atoms with Crippen LogP contribution < -0.4 is 4.90 Å². The van der Waals surface area contributed by atoms with E-state index in [9.17, 15) is 4.79 Å². The van der Waals surface area contributed by atoms with Crippen molar-refractivity contribution in [2.75, 3.05) is 44.2 Å². The third-order valence-electron chi connectivity index (χ3n) is 4.43. The number of piperazine rings is 1. The van der Waals surface area contributed by atoms with Gasteiger partial charge in [0.2, 0.25) is 0 Å². The molecular formula is C16H23N3O. The van der Waals surface area contributed by atoms with Gasteiger partial charge in [0.25, 0.3) is 0 Å². The molecule has 0 radical (unpaired) electrons. The van der Waals surface area contributed by atoms with E-state index in [-0.39, 0.29) is 6.03 Å². The molecule has 1 aromatic rings. The van der Waals surface area contributed by atoms with Gasteiger partial charge in [-0.3, -0.25) is 4.90 Å². The van der Waals surface area contributed by atoms with Crippen molar-refractivity contribution in [2.24, 2.45) is 0 Å². The number of carbonyl (C=O) groups is 1. The molecule has 1 fully saturated rings. The molecule has 4 heteroatoms. The van der Waals surface area contributed by atoms with Gasteiger partial charge in [0.05, 0.1) is 0 Å². The molecule has 20 heavy (non-hydrogen) atoms. The number of aryl methyl sites for hydroxylation is 1. The molecular weight excluding hydrogens is 250 g/mol. The fourth-order valence-corrected chi connectivity index (χ4v) is 3.16. The fourth-order valence-electron chi connectivity index (χ4n) is 3.16. The van der Waals surface area contributed by atoms with Crippen molar-refractivity contribution in [3.63, 3.8) is 0 Å². The first kappa shape index (κ1) is 13.4. The van der Waals surface area contributed by atoms with E-state index in [4.69, 9.17) is 0 Å². The normalized spacial score (nSPS) is 19.9. The maximum Gasteiger partial charge on any atom is 0.324 e. The first-order chi connectivity index (χ1) is 9.79. The minimum Gasteiger partial charge on any atom is -0.322 e. The molecule has 108 valence electrons. The Bertz CT molecular complexity index is 480. The van der Waals surface area contributed by atoms with Crippen LogP contribution in [0.1, 0.15) is 18.9 Å². The van der Waals surface area contributed by atoms with Gasteiger partial charge in [0, 0.05) is 38.4 Å². The Hall–Kier alpha value is -1.55. The molecule has 2 amide bonds. The monoisotopic (exact) mass is 273 g/mol. The molecule has 0 unspecified atom stereocenters. The van der Waals surface area contributed by atoms with Crippen LogP contribution in [0.5, 0.6) is 0 Å². The summed E-state index contributed by atoms with van der Waals surface area (Å²) in [5.41, 5.74) is 2.42. The molecule has 1 saturated heterocycles. The van der Waals surface area contributed by atoms with Crippen molar-refractivity contribution in [2.45, 2.75) is 19.8 Å². The molecule has 0 aromatic heterocycles. The van der Waals surface area contributed by atoms with Crippen molar-refractivity contribution in [1.82, 2.24) is 9.80 Å². The third kappa shape index (κ3) is 2.52. The largest absolute Gasteiger partial charge is 0.324 e. The van der Waals surface area contributed by atoms with E-state index in [1.54, 1.807) is 0 Å². The van der Waals surface area contributed by atoms with E-state index in [1.165, 1.54) is 5.56 Å². The molecule has 0 N–H and O–H groups in total. The predicted octanol–water partition coefficient (Wildman–Crippen LogP) is 2.20. The average molecular weight is 273 g/mol. The molecule has 2 aliphatic rings. The number of hydrogen-bond acceptors (Lipinski definition) is 2. The molecule has 0 aliphatic carbocycles. The molecule has 0 bridgehead atoms. The van der Waals surface area contributed by atoms with Gasteiger partial charge in [-0.25, -0.2) is 4.79 Å². The Balaban J connectivity index is 1.72. The number of rotatable bonds is 1. The third-order valence-corrected chi connectivity index (χ3v) is 4.43. The molecule has 0 saturated carbocycles. The van der Waals surface area contributed by atoms with Crippen molar-refractivity contribution in [1.29, 1.82) is 0 Å². The van der Waals surface area contributed by atoms with Crippen LogP contribution in [0.3, 0.4) is 0 Å². The first-order valence-electron chi connectivity index (χ1n) is 7.66. The Morgan fingerprint density at radius 3 is 2.60 bits per heavy atom. The van der Waals surface area contributed by atoms with E-state index < -0.39 is 0 Å². The number of nitrogens with zero attached hydrogens (tertiary/aromatic N) is 3. The quantitative estimate of drug-likeness (QED) is 0.784. The lowest BCUT2D eigenvalue weighted by Crippen LogP contribution is -2.53. The molecule has 0 spiro atoms. The molecule has 1 aromatic carbocycles. The minimum absolute atomic E-state index is 0.188. The van der Waals surface area contributed by atoms with Crippen molar-refractivity contribution in [3.8, 4) is 0 Å². The first-order valence-corrected chi connectivity index (χ1v) is 7.66. The van der Waals surface area contributed by atoms with Crippen LogP contribution >= 0.6 is 0 Å². The summed E-state index contributed by atoms with van der Waals surface area (Å²) in [6.07, 6.45) is 2.15. The van der Waals surface area contributed by atoms with Gasteiger partial charge in [-0.1, -0.05) is 25.1 Å². The summed E-state index contributed by atoms with van der Waals surface area (Å²) in [6, 6.07) is 8.50. The van der Waals surface area contributed by atoms with Gasteiger partial charge >= 0.3 is 6.03 Å². The zero-order chi connectivity index (χ0) is 13.9. The number of carbonyl (C=O) groups excluding carboxylic acids is 1. The lowest BCUT2D eigenvalue weighted by Gasteiger charge is -2.38. The van der Waals surface area contributed by atoms with Crippen molar-refractivity contribution < 1.29 is 4.79 Å². The van der Waals surface area contributed by atoms with Gasteiger partial charge in [0.15, 0.2) is 0 Å². The lowest BCUT2D eigenvalue weighted by atomic mass is 10.0. The lowest BCUT2D eigenvalue weighted by molar-refractivity contribution is 0.147. The molecule has 4 nitrogen and oxygen atoms in total. The second-order valence-electron chi connectivity index (χ2n) is 5.59. The summed E-state index contributed by atoms with van der Waals surface area (Å²) in [6.45, 7) is 7.81. The van der Waals surface area contributed by atoms with Gasteiger partial charge in [-0.05, 0) is 31.0 Å². The highest BCUT2D eigenvalue weighted by atomic mass is 16.2. The van der Waals surface area contributed by atoms with Crippen LogP contribution in [-0.4, -0.2) is 55.1 Å². The number of anilines is 1. The van der Waals surface area contributed by atoms with Crippen LogP contribution in [0.15, 0.2) is 24.3 Å². The summed E-state index contributed by atoms with van der Waals surface area (Å²) >= 11 is 0. The highest BCUT2D eigenvalue weighted by Gasteiger charge is 2.28. The Labute approximate surface area is 121 Å². The maximum atomic E-state index is 12.7. The smallest absolute Gasteiger partial charge is 0.322 e. The van der Waals surface area contributed by atoms with Crippen LogP contribution in [0, 0.1) is 0 Å². The molecule has 0 atom stereocenters. The molecule has 2 heterocycles. The summed E-state index contributed by atoms with van der Waals surface area (Å²) in [7, 11) is 0. The second-order valence-corrected chi connectivity index (χ2v) is 5.59. The highest BCUT2D eigenvalue weighted by molar-refractivity contribution is 5.93. The minimum atomic E-state index is 0.188.